The van der Waals surface area contributed by atoms with E-state index in [1.165, 1.54) is 16.1 Å². The van der Waals surface area contributed by atoms with Gasteiger partial charge in [0.25, 0.3) is 5.91 Å². The normalized spacial score (nSPS) is 13.0. The van der Waals surface area contributed by atoms with Crippen LogP contribution in [0.1, 0.15) is 27.7 Å². The Morgan fingerprint density at radius 1 is 1.10 bits per heavy atom. The van der Waals surface area contributed by atoms with Crippen LogP contribution in [0.5, 0.6) is 5.75 Å². The van der Waals surface area contributed by atoms with E-state index < -0.39 is 0 Å². The molecule has 0 atom stereocenters. The molecule has 1 N–H and O–H groups in total. The Morgan fingerprint density at radius 3 is 2.77 bits per heavy atom. The van der Waals surface area contributed by atoms with Crippen molar-refractivity contribution in [2.24, 2.45) is 0 Å². The minimum absolute atomic E-state index is 0.185. The van der Waals surface area contributed by atoms with Crippen molar-refractivity contribution < 1.29 is 14.3 Å². The molecule has 0 bridgehead atoms. The van der Waals surface area contributed by atoms with E-state index in [2.05, 4.69) is 33.8 Å². The quantitative estimate of drug-likeness (QED) is 0.520. The zero-order valence-corrected chi connectivity index (χ0v) is 17.9. The van der Waals surface area contributed by atoms with Crippen LogP contribution in [-0.2, 0) is 17.7 Å². The van der Waals surface area contributed by atoms with Gasteiger partial charge < -0.3 is 19.7 Å². The van der Waals surface area contributed by atoms with Gasteiger partial charge in [0.1, 0.15) is 12.4 Å². The fourth-order valence-electron chi connectivity index (χ4n) is 3.56. The van der Waals surface area contributed by atoms with E-state index in [1.54, 1.807) is 12.1 Å². The molecule has 1 aliphatic rings. The number of benzene rings is 2. The van der Waals surface area contributed by atoms with E-state index in [9.17, 15) is 4.79 Å². The zero-order valence-electron chi connectivity index (χ0n) is 17.1. The van der Waals surface area contributed by atoms with Crippen LogP contribution < -0.4 is 15.0 Å². The summed E-state index contributed by atoms with van der Waals surface area (Å²) in [4.78, 5) is 16.7. The molecule has 0 spiro atoms. The van der Waals surface area contributed by atoms with Crippen LogP contribution in [0.4, 0.5) is 11.4 Å². The summed E-state index contributed by atoms with van der Waals surface area (Å²) in [6.45, 7) is 5.46. The molecule has 0 aliphatic carbocycles. The topological polar surface area (TPSA) is 50.8 Å². The Labute approximate surface area is 181 Å². The Kier molecular flexibility index (Phi) is 6.67. The van der Waals surface area contributed by atoms with Gasteiger partial charge in [-0.05, 0) is 66.8 Å². The van der Waals surface area contributed by atoms with Gasteiger partial charge in [0.15, 0.2) is 0 Å². The highest BCUT2D eigenvalue weighted by atomic mass is 32.1. The lowest BCUT2D eigenvalue weighted by molar-refractivity contribution is 0.0998. The molecule has 30 heavy (non-hydrogen) atoms. The fourth-order valence-corrected chi connectivity index (χ4v) is 4.45. The fraction of sp³-hybridized carbons (Fsp3) is 0.292. The molecular weight excluding hydrogens is 396 g/mol. The Hall–Kier alpha value is -2.83. The molecule has 0 saturated heterocycles. The summed E-state index contributed by atoms with van der Waals surface area (Å²) in [5, 5.41) is 5.15. The second kappa shape index (κ2) is 9.78. The van der Waals surface area contributed by atoms with Gasteiger partial charge in [-0.15, -0.1) is 11.3 Å². The van der Waals surface area contributed by atoms with Gasteiger partial charge >= 0.3 is 0 Å². The van der Waals surface area contributed by atoms with E-state index in [1.807, 2.05) is 42.5 Å². The number of nitrogens with one attached hydrogen (secondary N) is 1. The second-order valence-electron chi connectivity index (χ2n) is 7.08. The maximum Gasteiger partial charge on any atom is 0.259 e. The Bertz CT molecular complexity index is 984. The third-order valence-electron chi connectivity index (χ3n) is 5.12. The molecule has 6 heteroatoms. The van der Waals surface area contributed by atoms with Crippen molar-refractivity contribution in [2.75, 3.05) is 36.6 Å². The molecule has 1 aliphatic heterocycles. The van der Waals surface area contributed by atoms with E-state index >= 15 is 0 Å². The van der Waals surface area contributed by atoms with Crippen molar-refractivity contribution in [3.8, 4) is 5.75 Å². The van der Waals surface area contributed by atoms with Gasteiger partial charge in [0.05, 0.1) is 12.2 Å². The molecule has 0 unspecified atom stereocenters. The smallest absolute Gasteiger partial charge is 0.259 e. The van der Waals surface area contributed by atoms with Crippen molar-refractivity contribution in [1.29, 1.82) is 0 Å². The number of anilines is 2. The van der Waals surface area contributed by atoms with Crippen LogP contribution in [-0.4, -0.2) is 32.3 Å². The highest BCUT2D eigenvalue weighted by Crippen LogP contribution is 2.28. The molecule has 1 amide bonds. The van der Waals surface area contributed by atoms with Gasteiger partial charge in [0, 0.05) is 35.9 Å². The second-order valence-corrected chi connectivity index (χ2v) is 8.08. The summed E-state index contributed by atoms with van der Waals surface area (Å²) < 4.78 is 11.0. The van der Waals surface area contributed by atoms with Crippen molar-refractivity contribution in [1.82, 2.24) is 0 Å². The molecule has 2 aromatic carbocycles. The van der Waals surface area contributed by atoms with E-state index in [0.717, 1.165) is 25.2 Å². The summed E-state index contributed by atoms with van der Waals surface area (Å²) >= 11 is 1.85. The number of hydrogen-bond donors (Lipinski definition) is 1. The van der Waals surface area contributed by atoms with Crippen LogP contribution >= 0.6 is 11.3 Å². The van der Waals surface area contributed by atoms with Gasteiger partial charge in [-0.1, -0.05) is 12.1 Å². The lowest BCUT2D eigenvalue weighted by Crippen LogP contribution is -2.29. The number of amides is 1. The summed E-state index contributed by atoms with van der Waals surface area (Å²) in [5.74, 6) is 0.377. The SMILES string of the molecule is CCOCCOc1ccccc1C(=O)Nc1ccc(N2CCc3sccc3C2)cc1. The lowest BCUT2D eigenvalue weighted by Gasteiger charge is -2.29. The van der Waals surface area contributed by atoms with Crippen LogP contribution in [0.15, 0.2) is 60.0 Å². The summed E-state index contributed by atoms with van der Waals surface area (Å²) in [6.07, 6.45) is 1.09. The number of ether oxygens (including phenoxy) is 2. The number of para-hydroxylation sites is 1. The number of carbonyl (C=O) groups excluding carboxylic acids is 1. The monoisotopic (exact) mass is 422 g/mol. The molecule has 2 heterocycles. The predicted octanol–water partition coefficient (Wildman–Crippen LogP) is 4.98. The van der Waals surface area contributed by atoms with Crippen molar-refractivity contribution in [2.45, 2.75) is 19.9 Å². The molecule has 0 saturated carbocycles. The Morgan fingerprint density at radius 2 is 1.93 bits per heavy atom. The van der Waals surface area contributed by atoms with Crippen molar-refractivity contribution in [3.05, 3.63) is 76.0 Å². The number of hydrogen-bond acceptors (Lipinski definition) is 5. The van der Waals surface area contributed by atoms with Gasteiger partial charge in [-0.25, -0.2) is 0 Å². The molecule has 0 fully saturated rings. The first-order chi connectivity index (χ1) is 14.7. The average Bonchev–Trinajstić information content (AvgIpc) is 3.25. The largest absolute Gasteiger partial charge is 0.490 e. The van der Waals surface area contributed by atoms with E-state index in [0.29, 0.717) is 31.1 Å². The van der Waals surface area contributed by atoms with Crippen LogP contribution in [0, 0.1) is 0 Å². The number of nitrogens with zero attached hydrogens (tertiary/aromatic N) is 1. The van der Waals surface area contributed by atoms with Crippen LogP contribution in [0.2, 0.25) is 0 Å². The molecular formula is C24H26N2O3S. The summed E-state index contributed by atoms with van der Waals surface area (Å²) in [6, 6.07) is 17.5. The molecule has 0 radical (unpaired) electrons. The minimum Gasteiger partial charge on any atom is -0.490 e. The number of fused-ring (bicyclic) bond motifs is 1. The third kappa shape index (κ3) is 4.83. The third-order valence-corrected chi connectivity index (χ3v) is 6.14. The van der Waals surface area contributed by atoms with Gasteiger partial charge in [-0.2, -0.15) is 0 Å². The maximum atomic E-state index is 12.8. The van der Waals surface area contributed by atoms with Crippen molar-refractivity contribution >= 4 is 28.6 Å². The first kappa shape index (κ1) is 20.4. The molecule has 5 nitrogen and oxygen atoms in total. The molecule has 3 aromatic rings. The highest BCUT2D eigenvalue weighted by molar-refractivity contribution is 7.10. The first-order valence-corrected chi connectivity index (χ1v) is 11.1. The summed E-state index contributed by atoms with van der Waals surface area (Å²) in [7, 11) is 0. The molecule has 156 valence electrons. The first-order valence-electron chi connectivity index (χ1n) is 10.3. The number of thiophene rings is 1. The van der Waals surface area contributed by atoms with Crippen LogP contribution in [0.25, 0.3) is 0 Å². The Balaban J connectivity index is 1.39. The average molecular weight is 423 g/mol. The summed E-state index contributed by atoms with van der Waals surface area (Å²) in [5.41, 5.74) is 3.87. The van der Waals surface area contributed by atoms with Gasteiger partial charge in [0.2, 0.25) is 0 Å². The predicted molar refractivity (Wildman–Crippen MR) is 122 cm³/mol. The number of carbonyl (C=O) groups is 1. The van der Waals surface area contributed by atoms with Crippen molar-refractivity contribution in [3.63, 3.8) is 0 Å². The van der Waals surface area contributed by atoms with Crippen LogP contribution in [0.3, 0.4) is 0 Å². The molecule has 4 rings (SSSR count). The maximum absolute atomic E-state index is 12.8. The highest BCUT2D eigenvalue weighted by Gasteiger charge is 2.18. The van der Waals surface area contributed by atoms with Gasteiger partial charge in [-0.3, -0.25) is 4.79 Å². The van der Waals surface area contributed by atoms with E-state index in [-0.39, 0.29) is 5.91 Å². The lowest BCUT2D eigenvalue weighted by atomic mass is 10.1. The minimum atomic E-state index is -0.185. The zero-order chi connectivity index (χ0) is 20.8. The van der Waals surface area contributed by atoms with E-state index in [4.69, 9.17) is 9.47 Å². The molecule has 1 aromatic heterocycles. The number of rotatable bonds is 8. The standard InChI is InChI=1S/C24H26N2O3S/c1-2-28-14-15-29-22-6-4-3-5-21(22)24(27)25-19-7-9-20(10-8-19)26-13-11-23-18(17-26)12-16-30-23/h3-10,12,16H,2,11,13-15,17H2,1H3,(H,25,27).